The number of nitrogens with one attached hydrogen (secondary N) is 1. The van der Waals surface area contributed by atoms with Gasteiger partial charge in [0.25, 0.3) is 5.91 Å². The third-order valence-corrected chi connectivity index (χ3v) is 3.82. The van der Waals surface area contributed by atoms with Gasteiger partial charge in [-0.2, -0.15) is 0 Å². The summed E-state index contributed by atoms with van der Waals surface area (Å²) in [7, 11) is 0. The second-order valence-electron chi connectivity index (χ2n) is 5.43. The van der Waals surface area contributed by atoms with Crippen molar-refractivity contribution >= 4 is 23.0 Å². The van der Waals surface area contributed by atoms with Gasteiger partial charge in [0.2, 0.25) is 0 Å². The second kappa shape index (κ2) is 6.05. The lowest BCUT2D eigenvalue weighted by Crippen LogP contribution is -2.27. The van der Waals surface area contributed by atoms with E-state index < -0.39 is 0 Å². The first kappa shape index (κ1) is 14.4. The molecule has 1 amide bonds. The highest BCUT2D eigenvalue weighted by Crippen LogP contribution is 2.25. The largest absolute Gasteiger partial charge is 0.397 e. The van der Waals surface area contributed by atoms with Crippen LogP contribution in [0.15, 0.2) is 42.5 Å². The molecule has 3 rings (SSSR count). The minimum Gasteiger partial charge on any atom is -0.397 e. The molecule has 0 saturated carbocycles. The number of nitrogens with two attached hydrogens (primary N) is 1. The first-order valence-electron chi connectivity index (χ1n) is 7.35. The Morgan fingerprint density at radius 3 is 2.41 bits per heavy atom. The van der Waals surface area contributed by atoms with Gasteiger partial charge in [-0.3, -0.25) is 4.79 Å². The van der Waals surface area contributed by atoms with Gasteiger partial charge in [-0.25, -0.2) is 4.39 Å². The number of amides is 1. The number of carbonyl (C=O) groups excluding carboxylic acids is 1. The number of carbonyl (C=O) groups is 1. The van der Waals surface area contributed by atoms with E-state index in [2.05, 4.69) is 5.32 Å². The maximum Gasteiger partial charge on any atom is 0.253 e. The maximum absolute atomic E-state index is 12.9. The van der Waals surface area contributed by atoms with Crippen molar-refractivity contribution in [3.05, 3.63) is 53.8 Å². The van der Waals surface area contributed by atoms with Gasteiger partial charge in [0.1, 0.15) is 5.82 Å². The van der Waals surface area contributed by atoms with Crippen molar-refractivity contribution in [2.24, 2.45) is 0 Å². The van der Waals surface area contributed by atoms with Gasteiger partial charge in [0, 0.05) is 24.3 Å². The summed E-state index contributed by atoms with van der Waals surface area (Å²) in [5, 5.41) is 3.12. The van der Waals surface area contributed by atoms with Crippen LogP contribution in [-0.4, -0.2) is 23.9 Å². The van der Waals surface area contributed by atoms with Gasteiger partial charge >= 0.3 is 0 Å². The SMILES string of the molecule is Nc1cc(C(=O)N2CCCC2)ccc1Nc1ccc(F)cc1. The Morgan fingerprint density at radius 1 is 1.09 bits per heavy atom. The number of likely N-dealkylation sites (tertiary alicyclic amines) is 1. The number of nitrogens with zero attached hydrogens (tertiary/aromatic N) is 1. The highest BCUT2D eigenvalue weighted by Gasteiger charge is 2.19. The van der Waals surface area contributed by atoms with Crippen molar-refractivity contribution in [2.75, 3.05) is 24.1 Å². The molecule has 0 bridgehead atoms. The van der Waals surface area contributed by atoms with E-state index in [0.29, 0.717) is 16.9 Å². The van der Waals surface area contributed by atoms with Gasteiger partial charge in [0.15, 0.2) is 0 Å². The molecular formula is C17H18FN3O. The van der Waals surface area contributed by atoms with E-state index in [9.17, 15) is 9.18 Å². The number of anilines is 3. The van der Waals surface area contributed by atoms with Crippen molar-refractivity contribution < 1.29 is 9.18 Å². The third kappa shape index (κ3) is 3.03. The molecule has 1 fully saturated rings. The van der Waals surface area contributed by atoms with Crippen LogP contribution in [-0.2, 0) is 0 Å². The Balaban J connectivity index is 1.77. The third-order valence-electron chi connectivity index (χ3n) is 3.82. The fourth-order valence-corrected chi connectivity index (χ4v) is 2.60. The zero-order chi connectivity index (χ0) is 15.5. The smallest absolute Gasteiger partial charge is 0.253 e. The van der Waals surface area contributed by atoms with Gasteiger partial charge in [-0.05, 0) is 55.3 Å². The summed E-state index contributed by atoms with van der Waals surface area (Å²) in [4.78, 5) is 14.2. The number of hydrogen-bond acceptors (Lipinski definition) is 3. The molecule has 2 aromatic rings. The zero-order valence-corrected chi connectivity index (χ0v) is 12.2. The topological polar surface area (TPSA) is 58.4 Å². The number of halogens is 1. The normalized spacial score (nSPS) is 14.1. The Hall–Kier alpha value is -2.56. The standard InChI is InChI=1S/C17H18FN3O/c18-13-4-6-14(7-5-13)20-16-8-3-12(11-15(16)19)17(22)21-9-1-2-10-21/h3-8,11,20H,1-2,9-10,19H2. The molecule has 1 saturated heterocycles. The van der Waals surface area contributed by atoms with E-state index in [4.69, 9.17) is 5.73 Å². The van der Waals surface area contributed by atoms with Gasteiger partial charge in [-0.15, -0.1) is 0 Å². The molecular weight excluding hydrogens is 281 g/mol. The average Bonchev–Trinajstić information content (AvgIpc) is 3.05. The Kier molecular flexibility index (Phi) is 3.96. The van der Waals surface area contributed by atoms with Crippen molar-refractivity contribution in [3.63, 3.8) is 0 Å². The molecule has 4 nitrogen and oxygen atoms in total. The molecule has 2 aromatic carbocycles. The molecule has 1 aliphatic heterocycles. The van der Waals surface area contributed by atoms with Gasteiger partial charge in [-0.1, -0.05) is 0 Å². The molecule has 3 N–H and O–H groups in total. The molecule has 0 aromatic heterocycles. The van der Waals surface area contributed by atoms with Crippen LogP contribution in [0.3, 0.4) is 0 Å². The van der Waals surface area contributed by atoms with Crippen LogP contribution in [0.25, 0.3) is 0 Å². The summed E-state index contributed by atoms with van der Waals surface area (Å²) in [5.41, 5.74) is 8.57. The lowest BCUT2D eigenvalue weighted by Gasteiger charge is -2.16. The predicted octanol–water partition coefficient (Wildman–Crippen LogP) is 3.39. The van der Waals surface area contributed by atoms with E-state index in [-0.39, 0.29) is 11.7 Å². The van der Waals surface area contributed by atoms with Crippen molar-refractivity contribution in [2.45, 2.75) is 12.8 Å². The number of nitrogen functional groups attached to an aromatic ring is 1. The highest BCUT2D eigenvalue weighted by molar-refractivity contribution is 5.96. The molecule has 114 valence electrons. The van der Waals surface area contributed by atoms with Crippen molar-refractivity contribution in [1.29, 1.82) is 0 Å². The van der Waals surface area contributed by atoms with E-state index >= 15 is 0 Å². The van der Waals surface area contributed by atoms with Crippen LogP contribution >= 0.6 is 0 Å². The van der Waals surface area contributed by atoms with Crippen LogP contribution in [0.1, 0.15) is 23.2 Å². The molecule has 0 atom stereocenters. The van der Waals surface area contributed by atoms with Crippen LogP contribution in [0.5, 0.6) is 0 Å². The Morgan fingerprint density at radius 2 is 1.77 bits per heavy atom. The molecule has 0 spiro atoms. The first-order chi connectivity index (χ1) is 10.6. The maximum atomic E-state index is 12.9. The van der Waals surface area contributed by atoms with Gasteiger partial charge < -0.3 is 16.0 Å². The highest BCUT2D eigenvalue weighted by atomic mass is 19.1. The minimum absolute atomic E-state index is 0.0255. The molecule has 0 aliphatic carbocycles. The summed E-state index contributed by atoms with van der Waals surface area (Å²) in [6.07, 6.45) is 2.12. The summed E-state index contributed by atoms with van der Waals surface area (Å²) < 4.78 is 12.9. The van der Waals surface area contributed by atoms with E-state index in [1.54, 1.807) is 30.3 Å². The fraction of sp³-hybridized carbons (Fsp3) is 0.235. The van der Waals surface area contributed by atoms with E-state index in [1.165, 1.54) is 12.1 Å². The van der Waals surface area contributed by atoms with Crippen molar-refractivity contribution in [3.8, 4) is 0 Å². The molecule has 1 aliphatic rings. The summed E-state index contributed by atoms with van der Waals surface area (Å²) >= 11 is 0. The summed E-state index contributed by atoms with van der Waals surface area (Å²) in [5.74, 6) is -0.261. The van der Waals surface area contributed by atoms with Crippen LogP contribution in [0.2, 0.25) is 0 Å². The quantitative estimate of drug-likeness (QED) is 0.854. The van der Waals surface area contributed by atoms with Crippen LogP contribution < -0.4 is 11.1 Å². The first-order valence-corrected chi connectivity index (χ1v) is 7.35. The lowest BCUT2D eigenvalue weighted by molar-refractivity contribution is 0.0793. The Bertz CT molecular complexity index is 679. The minimum atomic E-state index is -0.287. The fourth-order valence-electron chi connectivity index (χ4n) is 2.60. The second-order valence-corrected chi connectivity index (χ2v) is 5.43. The number of benzene rings is 2. The lowest BCUT2D eigenvalue weighted by atomic mass is 10.1. The van der Waals surface area contributed by atoms with Gasteiger partial charge in [0.05, 0.1) is 11.4 Å². The van der Waals surface area contributed by atoms with E-state index in [1.807, 2.05) is 4.90 Å². The van der Waals surface area contributed by atoms with E-state index in [0.717, 1.165) is 31.6 Å². The predicted molar refractivity (Wildman–Crippen MR) is 85.7 cm³/mol. The molecule has 1 heterocycles. The zero-order valence-electron chi connectivity index (χ0n) is 12.2. The van der Waals surface area contributed by atoms with Crippen LogP contribution in [0, 0.1) is 5.82 Å². The number of hydrogen-bond donors (Lipinski definition) is 2. The molecule has 0 radical (unpaired) electrons. The molecule has 5 heteroatoms. The Labute approximate surface area is 128 Å². The summed E-state index contributed by atoms with van der Waals surface area (Å²) in [6, 6.07) is 11.3. The number of rotatable bonds is 3. The van der Waals surface area contributed by atoms with Crippen molar-refractivity contribution in [1.82, 2.24) is 4.90 Å². The average molecular weight is 299 g/mol. The summed E-state index contributed by atoms with van der Waals surface area (Å²) in [6.45, 7) is 1.63. The molecule has 0 unspecified atom stereocenters. The van der Waals surface area contributed by atoms with Crippen LogP contribution in [0.4, 0.5) is 21.5 Å². The monoisotopic (exact) mass is 299 g/mol. The molecule has 22 heavy (non-hydrogen) atoms.